The predicted octanol–water partition coefficient (Wildman–Crippen LogP) is 2.38. The molecule has 1 heterocycles. The highest BCUT2D eigenvalue weighted by atomic mass is 16.5. The van der Waals surface area contributed by atoms with E-state index in [-0.39, 0.29) is 0 Å². The van der Waals surface area contributed by atoms with Crippen LogP contribution in [0.15, 0.2) is 18.3 Å². The first-order chi connectivity index (χ1) is 9.02. The fraction of sp³-hybridized carbons (Fsp3) is 0.400. The Morgan fingerprint density at radius 2 is 1.89 bits per heavy atom. The van der Waals surface area contributed by atoms with Crippen LogP contribution in [-0.2, 0) is 20.2 Å². The quantitative estimate of drug-likeness (QED) is 0.917. The molecule has 0 spiro atoms. The summed E-state index contributed by atoms with van der Waals surface area (Å²) < 4.78 is 7.91. The molecule has 0 aliphatic carbocycles. The minimum Gasteiger partial charge on any atom is -0.485 e. The molecule has 1 aromatic carbocycles. The van der Waals surface area contributed by atoms with Gasteiger partial charge in [0.25, 0.3) is 0 Å². The van der Waals surface area contributed by atoms with Crippen molar-refractivity contribution in [3.63, 3.8) is 0 Å². The van der Waals surface area contributed by atoms with Crippen molar-refractivity contribution in [2.45, 2.75) is 33.9 Å². The first kappa shape index (κ1) is 13.6. The second kappa shape index (κ2) is 5.45. The number of nitrogens with two attached hydrogens (primary N) is 1. The largest absolute Gasteiger partial charge is 0.485 e. The molecule has 0 atom stereocenters. The lowest BCUT2D eigenvalue weighted by molar-refractivity contribution is 0.287. The molecule has 4 heteroatoms. The Kier molecular flexibility index (Phi) is 3.90. The summed E-state index contributed by atoms with van der Waals surface area (Å²) >= 11 is 0. The number of rotatable bonds is 4. The molecule has 2 aromatic rings. The molecule has 102 valence electrons. The SMILES string of the molecule is Cc1ccc(C)c(OCc2nc(CN)cn2C)c1C. The van der Waals surface area contributed by atoms with E-state index in [0.717, 1.165) is 22.8 Å². The number of imidazole rings is 1. The highest BCUT2D eigenvalue weighted by molar-refractivity contribution is 5.44. The number of aryl methyl sites for hydroxylation is 3. The van der Waals surface area contributed by atoms with E-state index in [1.165, 1.54) is 11.1 Å². The molecular formula is C15H21N3O. The van der Waals surface area contributed by atoms with Crippen molar-refractivity contribution in [3.05, 3.63) is 46.5 Å². The first-order valence-electron chi connectivity index (χ1n) is 6.43. The van der Waals surface area contributed by atoms with Crippen LogP contribution in [0, 0.1) is 20.8 Å². The minimum absolute atomic E-state index is 0.455. The lowest BCUT2D eigenvalue weighted by Gasteiger charge is -2.13. The molecule has 0 saturated carbocycles. The van der Waals surface area contributed by atoms with E-state index in [0.29, 0.717) is 13.2 Å². The van der Waals surface area contributed by atoms with Crippen molar-refractivity contribution in [2.75, 3.05) is 0 Å². The van der Waals surface area contributed by atoms with Crippen LogP contribution >= 0.6 is 0 Å². The Bertz CT molecular complexity index is 587. The molecule has 1 aromatic heterocycles. The standard InChI is InChI=1S/C15H21N3O/c1-10-5-6-11(2)15(12(10)3)19-9-14-17-13(7-16)8-18(14)4/h5-6,8H,7,9,16H2,1-4H3. The maximum atomic E-state index is 5.95. The van der Waals surface area contributed by atoms with Gasteiger partial charge in [0, 0.05) is 19.8 Å². The average molecular weight is 259 g/mol. The van der Waals surface area contributed by atoms with E-state index < -0.39 is 0 Å². The van der Waals surface area contributed by atoms with Crippen molar-refractivity contribution in [1.29, 1.82) is 0 Å². The number of aromatic nitrogens is 2. The van der Waals surface area contributed by atoms with Gasteiger partial charge in [0.2, 0.25) is 0 Å². The fourth-order valence-corrected chi connectivity index (χ4v) is 2.09. The Labute approximate surface area is 114 Å². The zero-order chi connectivity index (χ0) is 14.0. The molecule has 4 nitrogen and oxygen atoms in total. The van der Waals surface area contributed by atoms with Gasteiger partial charge < -0.3 is 15.0 Å². The zero-order valence-corrected chi connectivity index (χ0v) is 12.0. The van der Waals surface area contributed by atoms with Gasteiger partial charge in [-0.05, 0) is 37.5 Å². The van der Waals surface area contributed by atoms with Gasteiger partial charge in [-0.3, -0.25) is 0 Å². The normalized spacial score (nSPS) is 10.8. The number of ether oxygens (including phenoxy) is 1. The van der Waals surface area contributed by atoms with E-state index in [1.807, 2.05) is 17.8 Å². The molecule has 0 aliphatic heterocycles. The number of nitrogens with zero attached hydrogens (tertiary/aromatic N) is 2. The number of hydrogen-bond donors (Lipinski definition) is 1. The summed E-state index contributed by atoms with van der Waals surface area (Å²) in [6.07, 6.45) is 1.94. The topological polar surface area (TPSA) is 53.1 Å². The summed E-state index contributed by atoms with van der Waals surface area (Å²) in [5.74, 6) is 1.85. The van der Waals surface area contributed by atoms with E-state index in [9.17, 15) is 0 Å². The Morgan fingerprint density at radius 1 is 1.21 bits per heavy atom. The monoisotopic (exact) mass is 259 g/mol. The van der Waals surface area contributed by atoms with Crippen LogP contribution in [-0.4, -0.2) is 9.55 Å². The van der Waals surface area contributed by atoms with Crippen LogP contribution in [0.3, 0.4) is 0 Å². The van der Waals surface area contributed by atoms with Gasteiger partial charge >= 0.3 is 0 Å². The van der Waals surface area contributed by atoms with Crippen molar-refractivity contribution >= 4 is 0 Å². The van der Waals surface area contributed by atoms with Gasteiger partial charge in [-0.2, -0.15) is 0 Å². The van der Waals surface area contributed by atoms with Crippen molar-refractivity contribution in [3.8, 4) is 5.75 Å². The average Bonchev–Trinajstić information content (AvgIpc) is 2.75. The van der Waals surface area contributed by atoms with Crippen LogP contribution in [0.25, 0.3) is 0 Å². The summed E-state index contributed by atoms with van der Waals surface area (Å²) in [6.45, 7) is 7.15. The van der Waals surface area contributed by atoms with E-state index in [1.54, 1.807) is 0 Å². The van der Waals surface area contributed by atoms with Crippen LogP contribution in [0.2, 0.25) is 0 Å². The highest BCUT2D eigenvalue weighted by Gasteiger charge is 2.09. The molecule has 0 aliphatic rings. The van der Waals surface area contributed by atoms with Gasteiger partial charge in [0.15, 0.2) is 0 Å². The molecule has 0 fully saturated rings. The lowest BCUT2D eigenvalue weighted by atomic mass is 10.1. The summed E-state index contributed by atoms with van der Waals surface area (Å²) in [6, 6.07) is 4.20. The third kappa shape index (κ3) is 2.79. The van der Waals surface area contributed by atoms with Crippen LogP contribution in [0.5, 0.6) is 5.75 Å². The molecule has 2 N–H and O–H groups in total. The van der Waals surface area contributed by atoms with Crippen molar-refractivity contribution in [1.82, 2.24) is 9.55 Å². The van der Waals surface area contributed by atoms with Crippen LogP contribution in [0.1, 0.15) is 28.2 Å². The number of benzene rings is 1. The maximum Gasteiger partial charge on any atom is 0.146 e. The smallest absolute Gasteiger partial charge is 0.146 e. The van der Waals surface area contributed by atoms with E-state index >= 15 is 0 Å². The van der Waals surface area contributed by atoms with Crippen LogP contribution in [0.4, 0.5) is 0 Å². The molecule has 2 rings (SSSR count). The summed E-state index contributed by atoms with van der Waals surface area (Å²) in [5.41, 5.74) is 10.1. The third-order valence-electron chi connectivity index (χ3n) is 3.45. The lowest BCUT2D eigenvalue weighted by Crippen LogP contribution is -2.05. The minimum atomic E-state index is 0.455. The highest BCUT2D eigenvalue weighted by Crippen LogP contribution is 2.26. The van der Waals surface area contributed by atoms with Gasteiger partial charge in [-0.25, -0.2) is 4.98 Å². The van der Waals surface area contributed by atoms with Gasteiger partial charge in [0.05, 0.1) is 5.69 Å². The predicted molar refractivity (Wildman–Crippen MR) is 76.1 cm³/mol. The molecule has 0 unspecified atom stereocenters. The second-order valence-corrected chi connectivity index (χ2v) is 4.91. The van der Waals surface area contributed by atoms with Crippen LogP contribution < -0.4 is 10.5 Å². The number of hydrogen-bond acceptors (Lipinski definition) is 3. The zero-order valence-electron chi connectivity index (χ0n) is 12.0. The fourth-order valence-electron chi connectivity index (χ4n) is 2.09. The second-order valence-electron chi connectivity index (χ2n) is 4.91. The van der Waals surface area contributed by atoms with Gasteiger partial charge in [-0.1, -0.05) is 12.1 Å². The molecule has 0 radical (unpaired) electrons. The summed E-state index contributed by atoms with van der Waals surface area (Å²) in [7, 11) is 1.96. The maximum absolute atomic E-state index is 5.95. The van der Waals surface area contributed by atoms with Gasteiger partial charge in [-0.15, -0.1) is 0 Å². The van der Waals surface area contributed by atoms with Crippen molar-refractivity contribution < 1.29 is 4.74 Å². The molecule has 19 heavy (non-hydrogen) atoms. The Morgan fingerprint density at radius 3 is 2.53 bits per heavy atom. The first-order valence-corrected chi connectivity index (χ1v) is 6.43. The molecular weight excluding hydrogens is 238 g/mol. The summed E-state index contributed by atoms with van der Waals surface area (Å²) in [5, 5.41) is 0. The Balaban J connectivity index is 2.18. The molecule has 0 amide bonds. The summed E-state index contributed by atoms with van der Waals surface area (Å²) in [4.78, 5) is 4.44. The molecule has 0 bridgehead atoms. The molecule has 0 saturated heterocycles. The van der Waals surface area contributed by atoms with Gasteiger partial charge in [0.1, 0.15) is 18.2 Å². The Hall–Kier alpha value is -1.81. The third-order valence-corrected chi connectivity index (χ3v) is 3.45. The van der Waals surface area contributed by atoms with Crippen molar-refractivity contribution in [2.24, 2.45) is 12.8 Å². The van der Waals surface area contributed by atoms with E-state index in [4.69, 9.17) is 10.5 Å². The van der Waals surface area contributed by atoms with E-state index in [2.05, 4.69) is 37.9 Å².